The molecule has 0 spiro atoms. The summed E-state index contributed by atoms with van der Waals surface area (Å²) in [7, 11) is -0.264. The van der Waals surface area contributed by atoms with Gasteiger partial charge in [0, 0.05) is 19.6 Å². The molecule has 2 N–H and O–H groups in total. The molecule has 0 radical (unpaired) electrons. The van der Waals surface area contributed by atoms with Gasteiger partial charge in [-0.2, -0.15) is 0 Å². The lowest BCUT2D eigenvalue weighted by Crippen LogP contribution is -2.52. The molecule has 2 amide bonds. The molecule has 0 unspecified atom stereocenters. The number of methoxy groups -OCH3 is 2. The third-order valence-electron chi connectivity index (χ3n) is 7.27. The zero-order valence-electron chi connectivity index (χ0n) is 21.0. The van der Waals surface area contributed by atoms with Crippen LogP contribution >= 0.6 is 0 Å². The fourth-order valence-electron chi connectivity index (χ4n) is 5.12. The van der Waals surface area contributed by atoms with E-state index in [2.05, 4.69) is 10.6 Å². The summed E-state index contributed by atoms with van der Waals surface area (Å²) in [6.07, 6.45) is 8.10. The van der Waals surface area contributed by atoms with Crippen molar-refractivity contribution in [2.75, 3.05) is 25.7 Å². The van der Waals surface area contributed by atoms with Crippen molar-refractivity contribution in [1.82, 2.24) is 10.6 Å². The summed E-state index contributed by atoms with van der Waals surface area (Å²) in [6.45, 7) is 0.233. The van der Waals surface area contributed by atoms with E-state index in [1.807, 2.05) is 12.1 Å². The first-order valence-corrected chi connectivity index (χ1v) is 14.6. The zero-order chi connectivity index (χ0) is 25.3. The number of benzene rings is 1. The SMILES string of the molecule is COc1ccc(CNC(=O)[C@H](CS(=O)(=O)CC2CCCCC2)NC(=O)C2CCC(OC)CC2)cc1. The number of nitrogens with one attached hydrogen (secondary N) is 2. The van der Waals surface area contributed by atoms with E-state index in [1.165, 1.54) is 0 Å². The van der Waals surface area contributed by atoms with E-state index in [4.69, 9.17) is 9.47 Å². The summed E-state index contributed by atoms with van der Waals surface area (Å²) in [4.78, 5) is 26.1. The molecular weight excluding hydrogens is 468 g/mol. The molecule has 0 aliphatic heterocycles. The maximum Gasteiger partial charge on any atom is 0.243 e. The number of carbonyl (C=O) groups is 2. The first-order chi connectivity index (χ1) is 16.8. The summed E-state index contributed by atoms with van der Waals surface area (Å²) < 4.78 is 36.6. The minimum atomic E-state index is -3.52. The highest BCUT2D eigenvalue weighted by molar-refractivity contribution is 7.91. The van der Waals surface area contributed by atoms with Crippen LogP contribution in [0.4, 0.5) is 0 Å². The van der Waals surface area contributed by atoms with E-state index in [-0.39, 0.29) is 41.9 Å². The monoisotopic (exact) mass is 508 g/mol. The molecule has 8 nitrogen and oxygen atoms in total. The molecule has 0 bridgehead atoms. The van der Waals surface area contributed by atoms with Gasteiger partial charge < -0.3 is 20.1 Å². The average molecular weight is 509 g/mol. The highest BCUT2D eigenvalue weighted by Gasteiger charge is 2.33. The number of hydrogen-bond donors (Lipinski definition) is 2. The van der Waals surface area contributed by atoms with Crippen molar-refractivity contribution in [3.63, 3.8) is 0 Å². The van der Waals surface area contributed by atoms with Crippen molar-refractivity contribution in [3.05, 3.63) is 29.8 Å². The first kappa shape index (κ1) is 27.5. The Kier molecular flexibility index (Phi) is 10.4. The Morgan fingerprint density at radius 3 is 2.23 bits per heavy atom. The Balaban J connectivity index is 1.64. The van der Waals surface area contributed by atoms with Crippen LogP contribution in [0, 0.1) is 11.8 Å². The van der Waals surface area contributed by atoms with E-state index in [0.29, 0.717) is 18.6 Å². The van der Waals surface area contributed by atoms with Crippen LogP contribution in [0.2, 0.25) is 0 Å². The van der Waals surface area contributed by atoms with Gasteiger partial charge in [-0.15, -0.1) is 0 Å². The Bertz CT molecular complexity index is 920. The van der Waals surface area contributed by atoms with Crippen LogP contribution < -0.4 is 15.4 Å². The molecule has 2 aliphatic rings. The predicted octanol–water partition coefficient (Wildman–Crippen LogP) is 3.00. The van der Waals surface area contributed by atoms with Crippen molar-refractivity contribution in [2.45, 2.75) is 76.5 Å². The number of hydrogen-bond acceptors (Lipinski definition) is 6. The van der Waals surface area contributed by atoms with Crippen molar-refractivity contribution in [2.24, 2.45) is 11.8 Å². The predicted molar refractivity (Wildman–Crippen MR) is 135 cm³/mol. The van der Waals surface area contributed by atoms with Crippen LogP contribution in [-0.4, -0.2) is 58.1 Å². The molecule has 2 fully saturated rings. The van der Waals surface area contributed by atoms with Crippen LogP contribution in [0.25, 0.3) is 0 Å². The van der Waals surface area contributed by atoms with E-state index < -0.39 is 21.8 Å². The smallest absolute Gasteiger partial charge is 0.243 e. The van der Waals surface area contributed by atoms with Gasteiger partial charge in [-0.05, 0) is 62.1 Å². The third-order valence-corrected chi connectivity index (χ3v) is 9.09. The third kappa shape index (κ3) is 8.79. The number of sulfone groups is 1. The van der Waals surface area contributed by atoms with Crippen LogP contribution in [0.5, 0.6) is 5.75 Å². The molecule has 196 valence electrons. The van der Waals surface area contributed by atoms with E-state index in [9.17, 15) is 18.0 Å². The lowest BCUT2D eigenvalue weighted by molar-refractivity contribution is -0.131. The van der Waals surface area contributed by atoms with Gasteiger partial charge in [0.1, 0.15) is 11.8 Å². The molecular formula is C26H40N2O6S. The maximum absolute atomic E-state index is 13.1. The fraction of sp³-hybridized carbons (Fsp3) is 0.692. The molecule has 0 aromatic heterocycles. The fourth-order valence-corrected chi connectivity index (χ4v) is 7.05. The van der Waals surface area contributed by atoms with Crippen LogP contribution in [-0.2, 0) is 30.7 Å². The molecule has 1 aromatic rings. The Morgan fingerprint density at radius 1 is 0.971 bits per heavy atom. The summed E-state index contributed by atoms with van der Waals surface area (Å²) >= 11 is 0. The highest BCUT2D eigenvalue weighted by atomic mass is 32.2. The molecule has 1 atom stereocenters. The highest BCUT2D eigenvalue weighted by Crippen LogP contribution is 2.27. The van der Waals surface area contributed by atoms with E-state index in [0.717, 1.165) is 50.5 Å². The number of carbonyl (C=O) groups excluding carboxylic acids is 2. The van der Waals surface area contributed by atoms with Crippen molar-refractivity contribution < 1.29 is 27.5 Å². The van der Waals surface area contributed by atoms with Gasteiger partial charge in [0.2, 0.25) is 11.8 Å². The molecule has 0 saturated heterocycles. The number of rotatable bonds is 11. The van der Waals surface area contributed by atoms with Gasteiger partial charge in [-0.25, -0.2) is 8.42 Å². The molecule has 2 aliphatic carbocycles. The van der Waals surface area contributed by atoms with E-state index >= 15 is 0 Å². The Morgan fingerprint density at radius 2 is 1.63 bits per heavy atom. The second kappa shape index (κ2) is 13.3. The van der Waals surface area contributed by atoms with Crippen LogP contribution in [0.15, 0.2) is 24.3 Å². The van der Waals surface area contributed by atoms with Gasteiger partial charge in [0.15, 0.2) is 9.84 Å². The van der Waals surface area contributed by atoms with Gasteiger partial charge in [-0.1, -0.05) is 31.4 Å². The van der Waals surface area contributed by atoms with Gasteiger partial charge in [0.05, 0.1) is 24.7 Å². The van der Waals surface area contributed by atoms with E-state index in [1.54, 1.807) is 26.4 Å². The van der Waals surface area contributed by atoms with Crippen LogP contribution in [0.3, 0.4) is 0 Å². The summed E-state index contributed by atoms with van der Waals surface area (Å²) in [5.74, 6) is -0.427. The number of amides is 2. The summed E-state index contributed by atoms with van der Waals surface area (Å²) in [5.41, 5.74) is 0.854. The quantitative estimate of drug-likeness (QED) is 0.475. The summed E-state index contributed by atoms with van der Waals surface area (Å²) in [5, 5.41) is 5.58. The Labute approximate surface area is 209 Å². The lowest BCUT2D eigenvalue weighted by Gasteiger charge is -2.28. The minimum Gasteiger partial charge on any atom is -0.497 e. The Hall–Kier alpha value is -2.13. The normalized spacial score (nSPS) is 22.2. The molecule has 0 heterocycles. The average Bonchev–Trinajstić information content (AvgIpc) is 2.87. The van der Waals surface area contributed by atoms with Crippen molar-refractivity contribution >= 4 is 21.7 Å². The summed E-state index contributed by atoms with van der Waals surface area (Å²) in [6, 6.07) is 6.15. The molecule has 35 heavy (non-hydrogen) atoms. The van der Waals surface area contributed by atoms with Gasteiger partial charge in [-0.3, -0.25) is 9.59 Å². The van der Waals surface area contributed by atoms with Gasteiger partial charge >= 0.3 is 0 Å². The molecule has 3 rings (SSSR count). The number of ether oxygens (including phenoxy) is 2. The topological polar surface area (TPSA) is 111 Å². The largest absolute Gasteiger partial charge is 0.497 e. The molecule has 1 aromatic carbocycles. The molecule has 2 saturated carbocycles. The zero-order valence-corrected chi connectivity index (χ0v) is 21.8. The minimum absolute atomic E-state index is 0.0735. The van der Waals surface area contributed by atoms with Crippen molar-refractivity contribution in [1.29, 1.82) is 0 Å². The standard InChI is InChI=1S/C26H40N2O6S/c1-33-22-12-8-19(9-13-22)16-27-26(30)24(18-35(31,32)17-20-6-4-3-5-7-20)28-25(29)21-10-14-23(34-2)15-11-21/h8-9,12-13,20-21,23-24H,3-7,10-11,14-18H2,1-2H3,(H,27,30)(H,28,29)/t21?,23?,24-/m0/s1. The maximum atomic E-state index is 13.1. The van der Waals surface area contributed by atoms with Crippen molar-refractivity contribution in [3.8, 4) is 5.75 Å². The lowest BCUT2D eigenvalue weighted by atomic mass is 9.86. The second-order valence-corrected chi connectivity index (χ2v) is 12.1. The first-order valence-electron chi connectivity index (χ1n) is 12.7. The van der Waals surface area contributed by atoms with Gasteiger partial charge in [0.25, 0.3) is 0 Å². The second-order valence-electron chi connectivity index (χ2n) is 9.92. The van der Waals surface area contributed by atoms with Crippen LogP contribution in [0.1, 0.15) is 63.4 Å². The molecule has 9 heteroatoms.